The summed E-state index contributed by atoms with van der Waals surface area (Å²) in [6, 6.07) is 10.0. The molecule has 1 rings (SSSR count). The zero-order valence-corrected chi connectivity index (χ0v) is 10.2. The fourth-order valence-electron chi connectivity index (χ4n) is 0.321. The van der Waals surface area contributed by atoms with Crippen LogP contribution in [0.4, 0.5) is 0 Å². The molecule has 10 heavy (non-hydrogen) atoms. The maximum Gasteiger partial charge on any atom is -0.172 e. The summed E-state index contributed by atoms with van der Waals surface area (Å²) in [6.07, 6.45) is 0. The predicted octanol–water partition coefficient (Wildman–Crippen LogP) is 3.92. The Morgan fingerprint density at radius 2 is 1.30 bits per heavy atom. The number of halogens is 3. The summed E-state index contributed by atoms with van der Waals surface area (Å²) in [5, 5.41) is 0. The van der Waals surface area contributed by atoms with E-state index in [0.717, 1.165) is 0 Å². The van der Waals surface area contributed by atoms with Crippen LogP contribution >= 0.6 is 25.5 Å². The van der Waals surface area contributed by atoms with Crippen molar-refractivity contribution in [2.75, 3.05) is 0 Å². The maximum absolute atomic E-state index is 5.00. The summed E-state index contributed by atoms with van der Waals surface area (Å²) in [4.78, 5) is 0. The Balaban J connectivity index is 0. The van der Waals surface area contributed by atoms with Gasteiger partial charge < -0.3 is 7.43 Å². The quantitative estimate of drug-likeness (QED) is 0.631. The van der Waals surface area contributed by atoms with E-state index < -0.39 is 18.2 Å². The van der Waals surface area contributed by atoms with Crippen LogP contribution in [0.25, 0.3) is 0 Å². The molecule has 0 nitrogen and oxygen atoms in total. The molecule has 0 aliphatic rings. The molecule has 0 atom stereocenters. The van der Waals surface area contributed by atoms with E-state index >= 15 is 0 Å². The van der Waals surface area contributed by atoms with Crippen LogP contribution in [0.1, 0.15) is 0 Å². The fraction of sp³-hybridized carbons (Fsp3) is 0. The third-order valence-electron chi connectivity index (χ3n) is 0.556. The molecule has 0 aliphatic heterocycles. The molecular weight excluding hydrogens is 270 g/mol. The van der Waals surface area contributed by atoms with E-state index in [1.54, 1.807) is 0 Å². The third-order valence-corrected chi connectivity index (χ3v) is 0.556. The van der Waals surface area contributed by atoms with Gasteiger partial charge in [-0.15, -0.1) is 0 Å². The normalized spacial score (nSPS) is 6.70. The van der Waals surface area contributed by atoms with Gasteiger partial charge in [0.05, 0.1) is 0 Å². The van der Waals surface area contributed by atoms with E-state index in [9.17, 15) is 0 Å². The van der Waals surface area contributed by atoms with Crippen LogP contribution in [0.3, 0.4) is 0 Å². The van der Waals surface area contributed by atoms with Crippen LogP contribution < -0.4 is 0 Å². The fourth-order valence-corrected chi connectivity index (χ4v) is 0.321. The molecule has 0 aromatic heterocycles. The molecule has 0 radical (unpaired) electrons. The van der Waals surface area contributed by atoms with Crippen LogP contribution in [-0.2, 0) is 18.2 Å². The molecular formula is C6H8Cl3Zr-2. The van der Waals surface area contributed by atoms with Gasteiger partial charge in [-0.05, 0) is 0 Å². The third kappa shape index (κ3) is 16.0. The van der Waals surface area contributed by atoms with Crippen molar-refractivity contribution in [1.29, 1.82) is 0 Å². The second-order valence-electron chi connectivity index (χ2n) is 1.18. The summed E-state index contributed by atoms with van der Waals surface area (Å²) in [6.45, 7) is 0. The molecule has 0 saturated carbocycles. The summed E-state index contributed by atoms with van der Waals surface area (Å²) in [5.74, 6) is 0. The van der Waals surface area contributed by atoms with Crippen LogP contribution in [0, 0.1) is 7.43 Å². The first kappa shape index (κ1) is 13.7. The topological polar surface area (TPSA) is 0 Å². The van der Waals surface area contributed by atoms with E-state index in [4.69, 9.17) is 25.5 Å². The first-order chi connectivity index (χ1) is 4.23. The van der Waals surface area contributed by atoms with Gasteiger partial charge in [-0.3, -0.25) is 0 Å². The van der Waals surface area contributed by atoms with E-state index in [1.165, 1.54) is 0 Å². The summed E-state index contributed by atoms with van der Waals surface area (Å²) in [5.41, 5.74) is 0. The molecule has 0 spiro atoms. The van der Waals surface area contributed by atoms with Crippen molar-refractivity contribution in [2.45, 2.75) is 0 Å². The Morgan fingerprint density at radius 3 is 1.40 bits per heavy atom. The zero-order chi connectivity index (χ0) is 7.11. The monoisotopic (exact) mass is 275 g/mol. The van der Waals surface area contributed by atoms with Crippen LogP contribution in [-0.4, -0.2) is 0 Å². The Morgan fingerprint density at radius 1 is 1.00 bits per heavy atom. The molecule has 0 bridgehead atoms. The van der Waals surface area contributed by atoms with Gasteiger partial charge in [-0.1, -0.05) is 0 Å². The van der Waals surface area contributed by atoms with Gasteiger partial charge >= 0.3 is 43.7 Å². The molecule has 0 heterocycles. The van der Waals surface area contributed by atoms with Crippen molar-refractivity contribution < 1.29 is 18.2 Å². The maximum atomic E-state index is 5.00. The first-order valence-electron chi connectivity index (χ1n) is 2.23. The molecule has 1 aromatic carbocycles. The predicted molar refractivity (Wildman–Crippen MR) is 46.0 cm³/mol. The summed E-state index contributed by atoms with van der Waals surface area (Å²) in [7, 11) is 15.0. The molecule has 0 unspecified atom stereocenters. The van der Waals surface area contributed by atoms with Gasteiger partial charge in [0.15, 0.2) is 0 Å². The van der Waals surface area contributed by atoms with Crippen LogP contribution in [0.5, 0.6) is 0 Å². The minimum atomic E-state index is -2.13. The van der Waals surface area contributed by atoms with Gasteiger partial charge in [0, 0.05) is 0 Å². The van der Waals surface area contributed by atoms with Crippen molar-refractivity contribution in [1.82, 2.24) is 0 Å². The Hall–Kier alpha value is 1.10. The van der Waals surface area contributed by atoms with Gasteiger partial charge in [-0.25, -0.2) is 12.1 Å². The Labute approximate surface area is 80.8 Å². The van der Waals surface area contributed by atoms with Crippen LogP contribution in [0.15, 0.2) is 30.3 Å². The van der Waals surface area contributed by atoms with E-state index in [2.05, 4.69) is 0 Å². The number of hydrogen-bond donors (Lipinski definition) is 0. The average molecular weight is 278 g/mol. The molecule has 1 aromatic rings. The summed E-state index contributed by atoms with van der Waals surface area (Å²) >= 11 is -2.13. The van der Waals surface area contributed by atoms with Gasteiger partial charge in [-0.2, -0.15) is 18.2 Å². The minimum absolute atomic E-state index is 0. The smallest absolute Gasteiger partial charge is 0.172 e. The summed E-state index contributed by atoms with van der Waals surface area (Å²) < 4.78 is 0. The molecule has 0 amide bonds. The molecule has 0 saturated heterocycles. The van der Waals surface area contributed by atoms with E-state index in [1.807, 2.05) is 30.3 Å². The van der Waals surface area contributed by atoms with E-state index in [-0.39, 0.29) is 7.43 Å². The average Bonchev–Trinajstić information content (AvgIpc) is 2.11. The van der Waals surface area contributed by atoms with Gasteiger partial charge in [0.2, 0.25) is 0 Å². The molecule has 0 aliphatic carbocycles. The zero-order valence-electron chi connectivity index (χ0n) is 5.52. The number of rotatable bonds is 0. The van der Waals surface area contributed by atoms with Crippen LogP contribution in [0.2, 0.25) is 0 Å². The van der Waals surface area contributed by atoms with Crippen molar-refractivity contribution in [2.24, 2.45) is 0 Å². The molecule has 59 valence electrons. The first-order valence-corrected chi connectivity index (χ1v) is 11.7. The molecule has 0 N–H and O–H groups in total. The second kappa shape index (κ2) is 10.1. The van der Waals surface area contributed by atoms with Gasteiger partial charge in [0.25, 0.3) is 0 Å². The van der Waals surface area contributed by atoms with E-state index in [0.29, 0.717) is 0 Å². The standard InChI is InChI=1S/C5H5.CH3.3ClH.Zr/c1-2-4-5-3-1;;;;;/h1-5H;1H3;3*1H;/q2*-1;;;;+3/p-3. The minimum Gasteiger partial charge on any atom is -0.214 e. The Bertz CT molecular complexity index is 96.6. The largest absolute Gasteiger partial charge is 0.214 e. The number of hydrogen-bond acceptors (Lipinski definition) is 0. The molecule has 0 fully saturated rings. The SMILES string of the molecule is [CH3-].[Cl][Zr]([Cl])[Cl].c1cc[cH-]c1. The Kier molecular flexibility index (Phi) is 13.8. The van der Waals surface area contributed by atoms with Crippen molar-refractivity contribution >= 4 is 25.5 Å². The second-order valence-corrected chi connectivity index (χ2v) is 12.4. The van der Waals surface area contributed by atoms with Crippen molar-refractivity contribution in [3.05, 3.63) is 37.8 Å². The van der Waals surface area contributed by atoms with Gasteiger partial charge in [0.1, 0.15) is 0 Å². The van der Waals surface area contributed by atoms with Crippen molar-refractivity contribution in [3.63, 3.8) is 0 Å². The molecule has 4 heteroatoms. The van der Waals surface area contributed by atoms with Crippen molar-refractivity contribution in [3.8, 4) is 0 Å².